The number of halogens is 1. The molecule has 1 aromatic carbocycles. The minimum absolute atomic E-state index is 0.0864. The van der Waals surface area contributed by atoms with Gasteiger partial charge in [-0.15, -0.1) is 0 Å². The van der Waals surface area contributed by atoms with Gasteiger partial charge in [-0.1, -0.05) is 20.8 Å². The molecule has 0 saturated heterocycles. The second-order valence-corrected chi connectivity index (χ2v) is 5.52. The highest BCUT2D eigenvalue weighted by Crippen LogP contribution is 2.19. The van der Waals surface area contributed by atoms with Gasteiger partial charge in [-0.3, -0.25) is 4.79 Å². The molecule has 94 valence electrons. The van der Waals surface area contributed by atoms with Crippen LogP contribution in [0.5, 0.6) is 0 Å². The van der Waals surface area contributed by atoms with E-state index < -0.39 is 0 Å². The summed E-state index contributed by atoms with van der Waals surface area (Å²) >= 11 is 3.35. The predicted octanol–water partition coefficient (Wildman–Crippen LogP) is 3.05. The Morgan fingerprint density at radius 1 is 1.41 bits per heavy atom. The van der Waals surface area contributed by atoms with Crippen LogP contribution >= 0.6 is 15.9 Å². The van der Waals surface area contributed by atoms with Gasteiger partial charge in [0.15, 0.2) is 0 Å². The Hall–Kier alpha value is -1.03. The van der Waals surface area contributed by atoms with E-state index in [1.807, 2.05) is 0 Å². The first kappa shape index (κ1) is 14.0. The molecule has 3 nitrogen and oxygen atoms in total. The molecule has 1 atom stereocenters. The van der Waals surface area contributed by atoms with Gasteiger partial charge in [0.25, 0.3) is 5.91 Å². The highest BCUT2D eigenvalue weighted by atomic mass is 79.9. The van der Waals surface area contributed by atoms with Gasteiger partial charge in [0.1, 0.15) is 0 Å². The Kier molecular flexibility index (Phi) is 5.00. The zero-order valence-corrected chi connectivity index (χ0v) is 12.0. The zero-order chi connectivity index (χ0) is 13.0. The van der Waals surface area contributed by atoms with E-state index in [0.717, 1.165) is 4.47 Å². The smallest absolute Gasteiger partial charge is 0.252 e. The fraction of sp³-hybridized carbons (Fsp3) is 0.462. The molecule has 0 heterocycles. The van der Waals surface area contributed by atoms with Crippen molar-refractivity contribution in [3.63, 3.8) is 0 Å². The molecule has 17 heavy (non-hydrogen) atoms. The highest BCUT2D eigenvalue weighted by molar-refractivity contribution is 9.10. The van der Waals surface area contributed by atoms with E-state index in [9.17, 15) is 4.79 Å². The van der Waals surface area contributed by atoms with E-state index in [1.54, 1.807) is 18.2 Å². The molecule has 4 heteroatoms. The second kappa shape index (κ2) is 6.05. The van der Waals surface area contributed by atoms with E-state index >= 15 is 0 Å². The Bertz CT molecular complexity index is 404. The van der Waals surface area contributed by atoms with Crippen molar-refractivity contribution in [2.24, 2.45) is 11.8 Å². The van der Waals surface area contributed by atoms with Gasteiger partial charge in [0.05, 0.1) is 5.56 Å². The summed E-state index contributed by atoms with van der Waals surface area (Å²) in [5.74, 6) is 0.926. The molecular formula is C13H19BrN2O. The summed E-state index contributed by atoms with van der Waals surface area (Å²) in [5.41, 5.74) is 6.85. The number of carbonyl (C=O) groups excluding carboxylic acids is 1. The quantitative estimate of drug-likeness (QED) is 0.840. The van der Waals surface area contributed by atoms with E-state index in [2.05, 4.69) is 42.0 Å². The van der Waals surface area contributed by atoms with Crippen molar-refractivity contribution >= 4 is 27.5 Å². The lowest BCUT2D eigenvalue weighted by Gasteiger charge is -2.16. The number of amides is 1. The van der Waals surface area contributed by atoms with Crippen LogP contribution in [0.4, 0.5) is 5.69 Å². The number of rotatable bonds is 4. The third kappa shape index (κ3) is 4.04. The van der Waals surface area contributed by atoms with Gasteiger partial charge >= 0.3 is 0 Å². The van der Waals surface area contributed by atoms with Crippen molar-refractivity contribution in [2.45, 2.75) is 20.8 Å². The van der Waals surface area contributed by atoms with Gasteiger partial charge in [0.2, 0.25) is 0 Å². The molecule has 0 aliphatic rings. The molecule has 0 saturated carbocycles. The van der Waals surface area contributed by atoms with Gasteiger partial charge in [0, 0.05) is 16.7 Å². The maximum Gasteiger partial charge on any atom is 0.252 e. The van der Waals surface area contributed by atoms with Gasteiger partial charge < -0.3 is 11.1 Å². The minimum atomic E-state index is -0.0864. The number of nitrogens with two attached hydrogens (primary N) is 1. The normalized spacial score (nSPS) is 12.5. The molecule has 1 amide bonds. The monoisotopic (exact) mass is 298 g/mol. The summed E-state index contributed by atoms with van der Waals surface area (Å²) in [6.07, 6.45) is 0. The molecule has 0 aromatic heterocycles. The van der Waals surface area contributed by atoms with Crippen LogP contribution in [-0.2, 0) is 0 Å². The van der Waals surface area contributed by atoms with Crippen LogP contribution < -0.4 is 11.1 Å². The molecule has 3 N–H and O–H groups in total. The summed E-state index contributed by atoms with van der Waals surface area (Å²) in [6.45, 7) is 7.09. The number of hydrogen-bond acceptors (Lipinski definition) is 2. The Labute approximate surface area is 111 Å². The van der Waals surface area contributed by atoms with Crippen molar-refractivity contribution in [1.82, 2.24) is 5.32 Å². The lowest BCUT2D eigenvalue weighted by Crippen LogP contribution is -2.30. The fourth-order valence-electron chi connectivity index (χ4n) is 1.30. The van der Waals surface area contributed by atoms with Crippen LogP contribution in [0.1, 0.15) is 31.1 Å². The van der Waals surface area contributed by atoms with Gasteiger partial charge in [-0.2, -0.15) is 0 Å². The van der Waals surface area contributed by atoms with Gasteiger partial charge in [-0.05, 0) is 46.0 Å². The maximum absolute atomic E-state index is 11.9. The third-order valence-electron chi connectivity index (χ3n) is 2.96. The van der Waals surface area contributed by atoms with Crippen molar-refractivity contribution < 1.29 is 4.79 Å². The van der Waals surface area contributed by atoms with Crippen LogP contribution in [0, 0.1) is 11.8 Å². The summed E-state index contributed by atoms with van der Waals surface area (Å²) in [7, 11) is 0. The largest absolute Gasteiger partial charge is 0.399 e. The van der Waals surface area contributed by atoms with Crippen molar-refractivity contribution in [3.8, 4) is 0 Å². The molecule has 0 spiro atoms. The minimum Gasteiger partial charge on any atom is -0.399 e. The SMILES string of the molecule is CC(C)C(C)CNC(=O)c1cc(N)ccc1Br. The van der Waals surface area contributed by atoms with E-state index in [0.29, 0.717) is 29.6 Å². The van der Waals surface area contributed by atoms with Crippen LogP contribution in [-0.4, -0.2) is 12.5 Å². The number of carbonyl (C=O) groups is 1. The van der Waals surface area contributed by atoms with Crippen LogP contribution in [0.25, 0.3) is 0 Å². The number of anilines is 1. The van der Waals surface area contributed by atoms with Crippen molar-refractivity contribution in [3.05, 3.63) is 28.2 Å². The molecule has 0 radical (unpaired) electrons. The lowest BCUT2D eigenvalue weighted by atomic mass is 9.98. The topological polar surface area (TPSA) is 55.1 Å². The van der Waals surface area contributed by atoms with Crippen molar-refractivity contribution in [2.75, 3.05) is 12.3 Å². The molecule has 1 rings (SSSR count). The standard InChI is InChI=1S/C13H19BrN2O/c1-8(2)9(3)7-16-13(17)11-6-10(15)4-5-12(11)14/h4-6,8-9H,7,15H2,1-3H3,(H,16,17). The lowest BCUT2D eigenvalue weighted by molar-refractivity contribution is 0.0944. The average molecular weight is 299 g/mol. The summed E-state index contributed by atoms with van der Waals surface area (Å²) in [4.78, 5) is 11.9. The molecule has 0 aliphatic heterocycles. The van der Waals surface area contributed by atoms with Crippen LogP contribution in [0.2, 0.25) is 0 Å². The summed E-state index contributed by atoms with van der Waals surface area (Å²) < 4.78 is 0.765. The van der Waals surface area contributed by atoms with E-state index in [1.165, 1.54) is 0 Å². The Morgan fingerprint density at radius 3 is 2.65 bits per heavy atom. The zero-order valence-electron chi connectivity index (χ0n) is 10.5. The number of benzene rings is 1. The molecule has 0 fully saturated rings. The number of nitrogen functional groups attached to an aromatic ring is 1. The summed E-state index contributed by atoms with van der Waals surface area (Å²) in [5, 5.41) is 2.92. The first-order valence-corrected chi connectivity index (χ1v) is 6.54. The van der Waals surface area contributed by atoms with E-state index in [-0.39, 0.29) is 5.91 Å². The number of nitrogens with one attached hydrogen (secondary N) is 1. The molecule has 1 unspecified atom stereocenters. The molecule has 1 aromatic rings. The molecule has 0 aliphatic carbocycles. The second-order valence-electron chi connectivity index (χ2n) is 4.67. The highest BCUT2D eigenvalue weighted by Gasteiger charge is 2.13. The Morgan fingerprint density at radius 2 is 2.06 bits per heavy atom. The Balaban J connectivity index is 2.67. The first-order valence-electron chi connectivity index (χ1n) is 5.75. The van der Waals surface area contributed by atoms with E-state index in [4.69, 9.17) is 5.73 Å². The molecular weight excluding hydrogens is 280 g/mol. The van der Waals surface area contributed by atoms with Crippen LogP contribution in [0.3, 0.4) is 0 Å². The summed E-state index contributed by atoms with van der Waals surface area (Å²) in [6, 6.07) is 5.23. The van der Waals surface area contributed by atoms with Crippen LogP contribution in [0.15, 0.2) is 22.7 Å². The maximum atomic E-state index is 11.9. The first-order chi connectivity index (χ1) is 7.91. The molecule has 0 bridgehead atoms. The van der Waals surface area contributed by atoms with Gasteiger partial charge in [-0.25, -0.2) is 0 Å². The third-order valence-corrected chi connectivity index (χ3v) is 3.65. The fourth-order valence-corrected chi connectivity index (χ4v) is 1.73. The van der Waals surface area contributed by atoms with Crippen molar-refractivity contribution in [1.29, 1.82) is 0 Å². The average Bonchev–Trinajstić information content (AvgIpc) is 2.28. The number of hydrogen-bond donors (Lipinski definition) is 2. The predicted molar refractivity (Wildman–Crippen MR) is 74.9 cm³/mol.